The Morgan fingerprint density at radius 2 is 2.10 bits per heavy atom. The Bertz CT molecular complexity index is 581. The SMILES string of the molecule is COc1ccc(S(=O)(=O)N(C)CC2CCCO2)c(OC)c1. The van der Waals surface area contributed by atoms with Gasteiger partial charge in [-0.25, -0.2) is 8.42 Å². The lowest BCUT2D eigenvalue weighted by atomic mass is 10.2. The minimum absolute atomic E-state index is 0.0333. The summed E-state index contributed by atoms with van der Waals surface area (Å²) in [7, 11) is 0.894. The Morgan fingerprint density at radius 3 is 2.67 bits per heavy atom. The normalized spacial score (nSPS) is 19.0. The molecule has 0 amide bonds. The first-order valence-electron chi connectivity index (χ1n) is 6.79. The molecule has 0 N–H and O–H groups in total. The largest absolute Gasteiger partial charge is 0.497 e. The molecule has 1 aromatic rings. The van der Waals surface area contributed by atoms with Crippen LogP contribution in [0.2, 0.25) is 0 Å². The zero-order valence-corrected chi connectivity index (χ0v) is 13.4. The lowest BCUT2D eigenvalue weighted by Gasteiger charge is -2.21. The van der Waals surface area contributed by atoms with Gasteiger partial charge in [0.1, 0.15) is 16.4 Å². The van der Waals surface area contributed by atoms with Crippen LogP contribution in [0, 0.1) is 0 Å². The molecule has 7 heteroatoms. The van der Waals surface area contributed by atoms with E-state index in [1.807, 2.05) is 0 Å². The van der Waals surface area contributed by atoms with Gasteiger partial charge >= 0.3 is 0 Å². The van der Waals surface area contributed by atoms with Crippen molar-refractivity contribution < 1.29 is 22.6 Å². The fourth-order valence-corrected chi connectivity index (χ4v) is 3.66. The van der Waals surface area contributed by atoms with Crippen LogP contribution >= 0.6 is 0 Å². The molecule has 1 atom stereocenters. The van der Waals surface area contributed by atoms with Gasteiger partial charge in [0.2, 0.25) is 10.0 Å². The Balaban J connectivity index is 2.25. The van der Waals surface area contributed by atoms with E-state index in [1.165, 1.54) is 24.6 Å². The Hall–Kier alpha value is -1.31. The molecule has 0 bridgehead atoms. The second-order valence-corrected chi connectivity index (χ2v) is 6.95. The second kappa shape index (κ2) is 6.64. The van der Waals surface area contributed by atoms with Crippen LogP contribution in [-0.2, 0) is 14.8 Å². The van der Waals surface area contributed by atoms with Gasteiger partial charge in [-0.15, -0.1) is 0 Å². The van der Waals surface area contributed by atoms with Crippen molar-refractivity contribution in [1.82, 2.24) is 4.31 Å². The number of benzene rings is 1. The second-order valence-electron chi connectivity index (χ2n) is 4.94. The average molecular weight is 315 g/mol. The van der Waals surface area contributed by atoms with Gasteiger partial charge in [0.25, 0.3) is 0 Å². The summed E-state index contributed by atoms with van der Waals surface area (Å²) in [5, 5.41) is 0. The van der Waals surface area contributed by atoms with Gasteiger partial charge in [0.15, 0.2) is 0 Å². The quantitative estimate of drug-likeness (QED) is 0.796. The number of rotatable bonds is 6. The van der Waals surface area contributed by atoms with Crippen LogP contribution in [0.3, 0.4) is 0 Å². The third-order valence-corrected chi connectivity index (χ3v) is 5.41. The predicted molar refractivity (Wildman–Crippen MR) is 78.3 cm³/mol. The minimum atomic E-state index is -3.62. The van der Waals surface area contributed by atoms with E-state index < -0.39 is 10.0 Å². The molecule has 2 rings (SSSR count). The van der Waals surface area contributed by atoms with Crippen molar-refractivity contribution >= 4 is 10.0 Å². The molecule has 6 nitrogen and oxygen atoms in total. The number of hydrogen-bond acceptors (Lipinski definition) is 5. The molecular weight excluding hydrogens is 294 g/mol. The maximum atomic E-state index is 12.6. The third-order valence-electron chi connectivity index (χ3n) is 3.54. The first-order chi connectivity index (χ1) is 9.98. The maximum Gasteiger partial charge on any atom is 0.246 e. The van der Waals surface area contributed by atoms with Crippen LogP contribution in [-0.4, -0.2) is 53.2 Å². The molecule has 0 radical (unpaired) electrons. The highest BCUT2D eigenvalue weighted by molar-refractivity contribution is 7.89. The number of nitrogens with zero attached hydrogens (tertiary/aromatic N) is 1. The van der Waals surface area contributed by atoms with Crippen molar-refractivity contribution in [2.45, 2.75) is 23.8 Å². The fraction of sp³-hybridized carbons (Fsp3) is 0.571. The van der Waals surface area contributed by atoms with Crippen LogP contribution < -0.4 is 9.47 Å². The maximum absolute atomic E-state index is 12.6. The summed E-state index contributed by atoms with van der Waals surface area (Å²) in [5.74, 6) is 0.820. The molecule has 1 fully saturated rings. The monoisotopic (exact) mass is 315 g/mol. The van der Waals surface area contributed by atoms with Crippen molar-refractivity contribution in [3.05, 3.63) is 18.2 Å². The Morgan fingerprint density at radius 1 is 1.33 bits per heavy atom. The molecule has 1 saturated heterocycles. The van der Waals surface area contributed by atoms with Crippen molar-refractivity contribution in [2.24, 2.45) is 0 Å². The molecule has 1 unspecified atom stereocenters. The highest BCUT2D eigenvalue weighted by atomic mass is 32.2. The number of methoxy groups -OCH3 is 2. The highest BCUT2D eigenvalue weighted by Gasteiger charge is 2.28. The van der Waals surface area contributed by atoms with Gasteiger partial charge < -0.3 is 14.2 Å². The summed E-state index contributed by atoms with van der Waals surface area (Å²) >= 11 is 0. The molecule has 1 aliphatic rings. The lowest BCUT2D eigenvalue weighted by molar-refractivity contribution is 0.0978. The predicted octanol–water partition coefficient (Wildman–Crippen LogP) is 1.50. The zero-order valence-electron chi connectivity index (χ0n) is 12.5. The van der Waals surface area contributed by atoms with Crippen LogP contribution in [0.5, 0.6) is 11.5 Å². The van der Waals surface area contributed by atoms with Gasteiger partial charge in [-0.05, 0) is 25.0 Å². The van der Waals surface area contributed by atoms with Crippen LogP contribution in [0.1, 0.15) is 12.8 Å². The number of likely N-dealkylation sites (N-methyl/N-ethyl adjacent to an activating group) is 1. The first kappa shape index (κ1) is 16.1. The molecule has 0 aromatic heterocycles. The molecule has 0 spiro atoms. The number of sulfonamides is 1. The van der Waals surface area contributed by atoms with E-state index in [2.05, 4.69) is 0 Å². The summed E-state index contributed by atoms with van der Waals surface area (Å²) < 4.78 is 42.4. The highest BCUT2D eigenvalue weighted by Crippen LogP contribution is 2.30. The Labute approximate surface area is 125 Å². The van der Waals surface area contributed by atoms with Gasteiger partial charge in [-0.1, -0.05) is 0 Å². The molecule has 1 aromatic carbocycles. The Kier molecular flexibility index (Phi) is 5.08. The topological polar surface area (TPSA) is 65.1 Å². The molecule has 1 heterocycles. The summed E-state index contributed by atoms with van der Waals surface area (Å²) in [4.78, 5) is 0.131. The van der Waals surface area contributed by atoms with E-state index in [1.54, 1.807) is 19.2 Å². The van der Waals surface area contributed by atoms with E-state index in [0.717, 1.165) is 12.8 Å². The standard InChI is InChI=1S/C14H21NO5S/c1-15(10-12-5-4-8-20-12)21(16,17)14-7-6-11(18-2)9-13(14)19-3/h6-7,9,12H,4-5,8,10H2,1-3H3. The molecule has 0 saturated carbocycles. The average Bonchev–Trinajstić information content (AvgIpc) is 2.99. The van der Waals surface area contributed by atoms with E-state index in [9.17, 15) is 8.42 Å². The van der Waals surface area contributed by atoms with Gasteiger partial charge in [-0.3, -0.25) is 0 Å². The third kappa shape index (κ3) is 3.48. The summed E-state index contributed by atoms with van der Waals surface area (Å²) in [6, 6.07) is 4.67. The van der Waals surface area contributed by atoms with E-state index in [4.69, 9.17) is 14.2 Å². The van der Waals surface area contributed by atoms with Crippen LogP contribution in [0.25, 0.3) is 0 Å². The molecule has 0 aliphatic carbocycles. The first-order valence-corrected chi connectivity index (χ1v) is 8.23. The van der Waals surface area contributed by atoms with Gasteiger partial charge in [0.05, 0.1) is 20.3 Å². The van der Waals surface area contributed by atoms with Crippen LogP contribution in [0.15, 0.2) is 23.1 Å². The summed E-state index contributed by atoms with van der Waals surface area (Å²) in [6.45, 7) is 1.04. The van der Waals surface area contributed by atoms with E-state index in [0.29, 0.717) is 18.9 Å². The molecule has 21 heavy (non-hydrogen) atoms. The number of ether oxygens (including phenoxy) is 3. The van der Waals surface area contributed by atoms with Crippen LogP contribution in [0.4, 0.5) is 0 Å². The van der Waals surface area contributed by atoms with Crippen molar-refractivity contribution in [3.8, 4) is 11.5 Å². The van der Waals surface area contributed by atoms with Gasteiger partial charge in [-0.2, -0.15) is 4.31 Å². The van der Waals surface area contributed by atoms with Crippen molar-refractivity contribution in [1.29, 1.82) is 0 Å². The minimum Gasteiger partial charge on any atom is -0.497 e. The fourth-order valence-electron chi connectivity index (χ4n) is 2.33. The van der Waals surface area contributed by atoms with Gasteiger partial charge in [0, 0.05) is 26.3 Å². The van der Waals surface area contributed by atoms with E-state index in [-0.39, 0.29) is 16.7 Å². The summed E-state index contributed by atoms with van der Waals surface area (Å²) in [6.07, 6.45) is 1.83. The van der Waals surface area contributed by atoms with Crippen molar-refractivity contribution in [2.75, 3.05) is 34.4 Å². The number of hydrogen-bond donors (Lipinski definition) is 0. The molecular formula is C14H21NO5S. The molecule has 118 valence electrons. The van der Waals surface area contributed by atoms with E-state index >= 15 is 0 Å². The zero-order chi connectivity index (χ0) is 15.5. The molecule has 1 aliphatic heterocycles. The lowest BCUT2D eigenvalue weighted by Crippen LogP contribution is -2.34. The summed E-state index contributed by atoms with van der Waals surface area (Å²) in [5.41, 5.74) is 0. The van der Waals surface area contributed by atoms with Crippen molar-refractivity contribution in [3.63, 3.8) is 0 Å². The smallest absolute Gasteiger partial charge is 0.246 e.